The first-order valence-corrected chi connectivity index (χ1v) is 11.4. The molecule has 38 heavy (non-hydrogen) atoms. The minimum atomic E-state index is -7.47. The summed E-state index contributed by atoms with van der Waals surface area (Å²) < 4.78 is 180. The number of rotatable bonds is 8. The molecule has 0 aliphatic carbocycles. The quantitative estimate of drug-likeness (QED) is 0.190. The fourth-order valence-electron chi connectivity index (χ4n) is 2.32. The highest BCUT2D eigenvalue weighted by molar-refractivity contribution is 8.00. The maximum atomic E-state index is 13.7. The lowest BCUT2D eigenvalue weighted by Gasteiger charge is -2.32. The number of anilines is 2. The third kappa shape index (κ3) is 6.69. The Kier molecular flexibility index (Phi) is 8.43. The molecule has 2 rings (SSSR count). The number of amides is 2. The van der Waals surface area contributed by atoms with Crippen molar-refractivity contribution in [3.63, 3.8) is 0 Å². The summed E-state index contributed by atoms with van der Waals surface area (Å²) in [5, 5.41) is -2.78. The molecule has 0 radical (unpaired) electrons. The van der Waals surface area contributed by atoms with Crippen LogP contribution in [0.2, 0.25) is 0 Å². The smallest absolute Gasteiger partial charge is 0.378 e. The van der Waals surface area contributed by atoms with Crippen LogP contribution >= 0.6 is 11.8 Å². The van der Waals surface area contributed by atoms with Gasteiger partial charge in [-0.25, -0.2) is 4.79 Å². The summed E-state index contributed by atoms with van der Waals surface area (Å²) in [6.45, 7) is 0. The second-order valence-corrected chi connectivity index (χ2v) is 9.60. The van der Waals surface area contributed by atoms with Crippen LogP contribution in [-0.2, 0) is 10.1 Å². The highest BCUT2D eigenvalue weighted by Crippen LogP contribution is 2.55. The Balaban J connectivity index is 2.09. The summed E-state index contributed by atoms with van der Waals surface area (Å²) in [6, 6.07) is 5.61. The van der Waals surface area contributed by atoms with Gasteiger partial charge in [-0.2, -0.15) is 61.1 Å². The molecule has 212 valence electrons. The Hall–Kier alpha value is -3.03. The summed E-state index contributed by atoms with van der Waals surface area (Å²) in [5.74, 6) is -16.2. The Morgan fingerprint density at radius 3 is 1.50 bits per heavy atom. The largest absolute Gasteiger partial charge is 0.460 e. The van der Waals surface area contributed by atoms with Crippen LogP contribution in [0.5, 0.6) is 5.75 Å². The standard InChI is InChI=1S/C18H10F12N2O4S2/c19-14(20,16(23,24)25)15(21,22)17(26,27)38(34,35)36-11-5-1-9(2-6-11)31-13(33)32-10-3-7-12(8-4-10)37-18(28,29)30/h1-8H,(H2,31,32,33). The van der Waals surface area contributed by atoms with Gasteiger partial charge in [0, 0.05) is 16.3 Å². The van der Waals surface area contributed by atoms with E-state index in [1.165, 1.54) is 0 Å². The summed E-state index contributed by atoms with van der Waals surface area (Å²) in [5.41, 5.74) is -4.78. The van der Waals surface area contributed by atoms with Crippen LogP contribution in [0.15, 0.2) is 53.4 Å². The van der Waals surface area contributed by atoms with Gasteiger partial charge in [-0.1, -0.05) is 0 Å². The van der Waals surface area contributed by atoms with Crippen LogP contribution in [-0.4, -0.2) is 43.2 Å². The van der Waals surface area contributed by atoms with Gasteiger partial charge in [0.2, 0.25) is 0 Å². The highest BCUT2D eigenvalue weighted by atomic mass is 32.2. The van der Waals surface area contributed by atoms with E-state index in [0.29, 0.717) is 12.1 Å². The first-order chi connectivity index (χ1) is 17.0. The van der Waals surface area contributed by atoms with Gasteiger partial charge in [0.25, 0.3) is 0 Å². The molecule has 0 aliphatic rings. The molecule has 0 aliphatic heterocycles. The van der Waals surface area contributed by atoms with Crippen molar-refractivity contribution in [2.75, 3.05) is 10.6 Å². The minimum absolute atomic E-state index is 0.0129. The second-order valence-electron chi connectivity index (χ2n) is 6.88. The third-order valence-electron chi connectivity index (χ3n) is 4.09. The van der Waals surface area contributed by atoms with Crippen LogP contribution in [0.1, 0.15) is 0 Å². The first-order valence-electron chi connectivity index (χ1n) is 9.18. The van der Waals surface area contributed by atoms with E-state index in [-0.39, 0.29) is 16.3 Å². The normalized spacial score (nSPS) is 13.7. The van der Waals surface area contributed by atoms with Crippen molar-refractivity contribution in [2.24, 2.45) is 0 Å². The van der Waals surface area contributed by atoms with Crippen molar-refractivity contribution in [1.29, 1.82) is 0 Å². The van der Waals surface area contributed by atoms with Crippen molar-refractivity contribution in [1.82, 2.24) is 0 Å². The fraction of sp³-hybridized carbons (Fsp3) is 0.278. The molecule has 0 fully saturated rings. The summed E-state index contributed by atoms with van der Waals surface area (Å²) >= 11 is -0.418. The molecule has 2 aromatic rings. The number of halogens is 12. The minimum Gasteiger partial charge on any atom is -0.378 e. The lowest BCUT2D eigenvalue weighted by molar-refractivity contribution is -0.382. The number of thioether (sulfide) groups is 1. The van der Waals surface area contributed by atoms with E-state index >= 15 is 0 Å². The molecule has 0 atom stereocenters. The lowest BCUT2D eigenvalue weighted by Crippen LogP contribution is -2.63. The Morgan fingerprint density at radius 2 is 1.11 bits per heavy atom. The van der Waals surface area contributed by atoms with E-state index in [2.05, 4.69) is 14.8 Å². The predicted octanol–water partition coefficient (Wildman–Crippen LogP) is 7.08. The number of carbonyl (C=O) groups is 1. The van der Waals surface area contributed by atoms with Gasteiger partial charge >= 0.3 is 44.9 Å². The molecule has 2 amide bonds. The first kappa shape index (κ1) is 31.2. The number of hydrogen-bond acceptors (Lipinski definition) is 5. The van der Waals surface area contributed by atoms with Crippen LogP contribution in [0, 0.1) is 0 Å². The Labute approximate surface area is 208 Å². The molecule has 0 saturated heterocycles. The van der Waals surface area contributed by atoms with Crippen LogP contribution in [0.25, 0.3) is 0 Å². The van der Waals surface area contributed by atoms with Crippen molar-refractivity contribution in [2.45, 2.75) is 33.7 Å². The summed E-state index contributed by atoms with van der Waals surface area (Å²) in [4.78, 5) is 11.8. The van der Waals surface area contributed by atoms with Crippen molar-refractivity contribution < 1.29 is 70.1 Å². The number of nitrogens with one attached hydrogen (secondary N) is 2. The van der Waals surface area contributed by atoms with Gasteiger partial charge in [-0.15, -0.1) is 0 Å². The van der Waals surface area contributed by atoms with Gasteiger partial charge in [0.15, 0.2) is 0 Å². The van der Waals surface area contributed by atoms with Gasteiger partial charge in [-0.05, 0) is 60.3 Å². The van der Waals surface area contributed by atoms with Crippen molar-refractivity contribution in [3.8, 4) is 5.75 Å². The Bertz CT molecular complexity index is 1250. The molecule has 0 bridgehead atoms. The molecule has 0 saturated carbocycles. The van der Waals surface area contributed by atoms with E-state index in [1.807, 2.05) is 0 Å². The highest BCUT2D eigenvalue weighted by Gasteiger charge is 2.86. The zero-order chi connectivity index (χ0) is 29.4. The molecule has 0 spiro atoms. The zero-order valence-corrected chi connectivity index (χ0v) is 19.2. The summed E-state index contributed by atoms with van der Waals surface area (Å²) in [7, 11) is -7.14. The third-order valence-corrected chi connectivity index (χ3v) is 6.13. The number of carbonyl (C=O) groups excluding carboxylic acids is 1. The van der Waals surface area contributed by atoms with E-state index in [1.54, 1.807) is 0 Å². The predicted molar refractivity (Wildman–Crippen MR) is 108 cm³/mol. The molecule has 0 heterocycles. The number of urea groups is 1. The van der Waals surface area contributed by atoms with E-state index in [0.717, 1.165) is 36.4 Å². The molecule has 2 aromatic carbocycles. The molecule has 2 N–H and O–H groups in total. The van der Waals surface area contributed by atoms with Crippen molar-refractivity contribution >= 4 is 39.3 Å². The van der Waals surface area contributed by atoms with Crippen molar-refractivity contribution in [3.05, 3.63) is 48.5 Å². The van der Waals surface area contributed by atoms with Gasteiger partial charge in [0.1, 0.15) is 5.75 Å². The topological polar surface area (TPSA) is 84.5 Å². The average molecular weight is 610 g/mol. The van der Waals surface area contributed by atoms with Gasteiger partial charge in [0.05, 0.1) is 0 Å². The maximum Gasteiger partial charge on any atom is 0.460 e. The van der Waals surface area contributed by atoms with Crippen LogP contribution < -0.4 is 14.8 Å². The number of hydrogen-bond donors (Lipinski definition) is 2. The molecule has 0 aromatic heterocycles. The number of alkyl halides is 12. The Morgan fingerprint density at radius 1 is 0.684 bits per heavy atom. The van der Waals surface area contributed by atoms with Gasteiger partial charge in [-0.3, -0.25) is 0 Å². The lowest BCUT2D eigenvalue weighted by atomic mass is 10.1. The second kappa shape index (κ2) is 10.3. The average Bonchev–Trinajstić information content (AvgIpc) is 2.74. The van der Waals surface area contributed by atoms with E-state index in [4.69, 9.17) is 0 Å². The van der Waals surface area contributed by atoms with Gasteiger partial charge < -0.3 is 14.8 Å². The fourth-order valence-corrected chi connectivity index (χ4v) is 3.77. The van der Waals surface area contributed by atoms with E-state index in [9.17, 15) is 65.9 Å². The molecule has 0 unspecified atom stereocenters. The maximum absolute atomic E-state index is 13.7. The summed E-state index contributed by atoms with van der Waals surface area (Å²) in [6.07, 6.45) is -7.24. The van der Waals surface area contributed by atoms with E-state index < -0.39 is 62.4 Å². The molecular weight excluding hydrogens is 600 g/mol. The monoisotopic (exact) mass is 610 g/mol. The SMILES string of the molecule is O=C(Nc1ccc(OS(=O)(=O)C(F)(F)C(F)(F)C(F)(F)C(F)(F)F)cc1)Nc1ccc(SC(F)(F)F)cc1. The molecule has 20 heteroatoms. The zero-order valence-electron chi connectivity index (χ0n) is 17.6. The molecule has 6 nitrogen and oxygen atoms in total. The number of benzene rings is 2. The molecular formula is C18H10F12N2O4S2. The van der Waals surface area contributed by atoms with Crippen LogP contribution in [0.4, 0.5) is 68.9 Å². The van der Waals surface area contributed by atoms with Crippen LogP contribution in [0.3, 0.4) is 0 Å².